The van der Waals surface area contributed by atoms with E-state index in [4.69, 9.17) is 0 Å². The number of halogens is 4. The molecule has 0 spiro atoms. The van der Waals surface area contributed by atoms with Gasteiger partial charge in [-0.3, -0.25) is 0 Å². The van der Waals surface area contributed by atoms with Gasteiger partial charge in [0.2, 0.25) is 0 Å². The largest absolute Gasteiger partial charge is 0.507 e. The normalized spacial score (nSPS) is 19.6. The maximum atomic E-state index is 12.9. The Hall–Kier alpha value is -1.54. The highest BCUT2D eigenvalue weighted by Crippen LogP contribution is 2.46. The summed E-state index contributed by atoms with van der Waals surface area (Å²) in [5.41, 5.74) is 2.99. The Kier molecular flexibility index (Phi) is 3.07. The highest BCUT2D eigenvalue weighted by atomic mass is 19.3. The van der Waals surface area contributed by atoms with Gasteiger partial charge in [-0.1, -0.05) is 6.07 Å². The van der Waals surface area contributed by atoms with Crippen molar-refractivity contribution in [3.05, 3.63) is 23.8 Å². The zero-order valence-corrected chi connectivity index (χ0v) is 9.18. The smallest absolute Gasteiger partial charge is 0.421 e. The SMILES string of the molecule is CONCc1ccc2c(c1)OC(F)(F)C(F)(F)O2. The lowest BCUT2D eigenvalue weighted by atomic mass is 10.2. The van der Waals surface area contributed by atoms with Crippen LogP contribution in [-0.4, -0.2) is 19.3 Å². The predicted octanol–water partition coefficient (Wildman–Crippen LogP) is 2.29. The zero-order valence-electron chi connectivity index (χ0n) is 9.18. The molecule has 2 rings (SSSR count). The van der Waals surface area contributed by atoms with Gasteiger partial charge < -0.3 is 14.3 Å². The second-order valence-electron chi connectivity index (χ2n) is 3.54. The fraction of sp³-hybridized carbons (Fsp3) is 0.400. The van der Waals surface area contributed by atoms with Crippen molar-refractivity contribution < 1.29 is 31.9 Å². The maximum Gasteiger partial charge on any atom is 0.507 e. The highest BCUT2D eigenvalue weighted by Gasteiger charge is 2.65. The molecule has 8 heteroatoms. The fourth-order valence-electron chi connectivity index (χ4n) is 1.38. The van der Waals surface area contributed by atoms with E-state index in [0.29, 0.717) is 5.56 Å². The minimum absolute atomic E-state index is 0.203. The summed E-state index contributed by atoms with van der Waals surface area (Å²) in [6, 6.07) is 3.73. The van der Waals surface area contributed by atoms with Gasteiger partial charge in [0.05, 0.1) is 7.11 Å². The van der Waals surface area contributed by atoms with Gasteiger partial charge in [-0.25, -0.2) is 0 Å². The number of nitrogens with one attached hydrogen (secondary N) is 1. The first kappa shape index (κ1) is 12.9. The predicted molar refractivity (Wildman–Crippen MR) is 51.4 cm³/mol. The summed E-state index contributed by atoms with van der Waals surface area (Å²) in [7, 11) is 1.38. The number of fused-ring (bicyclic) bond motifs is 1. The van der Waals surface area contributed by atoms with Crippen LogP contribution in [0.1, 0.15) is 5.56 Å². The van der Waals surface area contributed by atoms with E-state index in [1.807, 2.05) is 0 Å². The van der Waals surface area contributed by atoms with E-state index in [-0.39, 0.29) is 6.54 Å². The number of hydrogen-bond donors (Lipinski definition) is 1. The Morgan fingerprint density at radius 3 is 2.33 bits per heavy atom. The van der Waals surface area contributed by atoms with Crippen LogP contribution >= 0.6 is 0 Å². The van der Waals surface area contributed by atoms with Gasteiger partial charge in [0, 0.05) is 6.54 Å². The molecule has 1 aromatic rings. The summed E-state index contributed by atoms with van der Waals surface area (Å²) in [4.78, 5) is 4.57. The molecule has 0 unspecified atom stereocenters. The van der Waals surface area contributed by atoms with E-state index in [2.05, 4.69) is 19.8 Å². The van der Waals surface area contributed by atoms with E-state index >= 15 is 0 Å². The lowest BCUT2D eigenvalue weighted by Crippen LogP contribution is -2.52. The first-order valence-corrected chi connectivity index (χ1v) is 4.88. The van der Waals surface area contributed by atoms with E-state index in [1.54, 1.807) is 0 Å². The molecule has 1 aliphatic heterocycles. The first-order chi connectivity index (χ1) is 8.36. The van der Waals surface area contributed by atoms with Gasteiger partial charge in [-0.15, -0.1) is 0 Å². The highest BCUT2D eigenvalue weighted by molar-refractivity contribution is 5.44. The monoisotopic (exact) mass is 267 g/mol. The molecule has 18 heavy (non-hydrogen) atoms. The summed E-state index contributed by atoms with van der Waals surface area (Å²) < 4.78 is 59.4. The third-order valence-electron chi connectivity index (χ3n) is 2.24. The van der Waals surface area contributed by atoms with Crippen LogP contribution in [0.15, 0.2) is 18.2 Å². The van der Waals surface area contributed by atoms with Crippen LogP contribution in [-0.2, 0) is 11.4 Å². The number of hydroxylamine groups is 1. The van der Waals surface area contributed by atoms with Crippen LogP contribution < -0.4 is 15.0 Å². The van der Waals surface area contributed by atoms with E-state index in [1.165, 1.54) is 19.2 Å². The van der Waals surface area contributed by atoms with Crippen molar-refractivity contribution >= 4 is 0 Å². The Morgan fingerprint density at radius 2 is 1.72 bits per heavy atom. The molecule has 0 saturated heterocycles. The first-order valence-electron chi connectivity index (χ1n) is 4.88. The number of hydrogen-bond acceptors (Lipinski definition) is 4. The van der Waals surface area contributed by atoms with Crippen LogP contribution in [0, 0.1) is 0 Å². The van der Waals surface area contributed by atoms with Crippen LogP contribution in [0.25, 0.3) is 0 Å². The van der Waals surface area contributed by atoms with Crippen molar-refractivity contribution in [3.8, 4) is 11.5 Å². The molecule has 0 bridgehead atoms. The van der Waals surface area contributed by atoms with Gasteiger partial charge in [0.15, 0.2) is 11.5 Å². The van der Waals surface area contributed by atoms with Crippen molar-refractivity contribution in [1.29, 1.82) is 0 Å². The topological polar surface area (TPSA) is 39.7 Å². The van der Waals surface area contributed by atoms with Crippen LogP contribution in [0.2, 0.25) is 0 Å². The Bertz CT molecular complexity index is 453. The van der Waals surface area contributed by atoms with Crippen LogP contribution in [0.4, 0.5) is 17.6 Å². The van der Waals surface area contributed by atoms with Crippen molar-refractivity contribution in [2.24, 2.45) is 0 Å². The lowest BCUT2D eigenvalue weighted by Gasteiger charge is -2.31. The van der Waals surface area contributed by atoms with Crippen molar-refractivity contribution in [2.75, 3.05) is 7.11 Å². The minimum Gasteiger partial charge on any atom is -0.421 e. The molecule has 100 valence electrons. The molecule has 0 saturated carbocycles. The molecule has 0 amide bonds. The van der Waals surface area contributed by atoms with Crippen molar-refractivity contribution in [3.63, 3.8) is 0 Å². The Balaban J connectivity index is 2.27. The second-order valence-corrected chi connectivity index (χ2v) is 3.54. The molecule has 1 N–H and O–H groups in total. The molecule has 0 aliphatic carbocycles. The second kappa shape index (κ2) is 4.29. The molecule has 1 heterocycles. The summed E-state index contributed by atoms with van der Waals surface area (Å²) >= 11 is 0. The van der Waals surface area contributed by atoms with E-state index in [0.717, 1.165) is 6.07 Å². The van der Waals surface area contributed by atoms with Crippen molar-refractivity contribution in [2.45, 2.75) is 18.8 Å². The fourth-order valence-corrected chi connectivity index (χ4v) is 1.38. The van der Waals surface area contributed by atoms with Crippen LogP contribution in [0.3, 0.4) is 0 Å². The maximum absolute atomic E-state index is 12.9. The number of rotatable bonds is 3. The number of ether oxygens (including phenoxy) is 2. The van der Waals surface area contributed by atoms with Crippen molar-refractivity contribution in [1.82, 2.24) is 5.48 Å². The standard InChI is InChI=1S/C10H9F4NO3/c1-16-15-5-6-2-3-7-8(4-6)18-10(13,14)9(11,12)17-7/h2-4,15H,5H2,1H3. The number of benzene rings is 1. The number of alkyl halides is 4. The Labute approximate surface area is 99.4 Å². The summed E-state index contributed by atoms with van der Waals surface area (Å²) in [6.07, 6.45) is -9.39. The average Bonchev–Trinajstić information content (AvgIpc) is 2.27. The van der Waals surface area contributed by atoms with Gasteiger partial charge >= 0.3 is 12.2 Å². The Morgan fingerprint density at radius 1 is 1.11 bits per heavy atom. The summed E-state index contributed by atoms with van der Waals surface area (Å²) in [6.45, 7) is 0.203. The quantitative estimate of drug-likeness (QED) is 0.673. The molecule has 0 fully saturated rings. The third kappa shape index (κ3) is 2.21. The molecule has 0 atom stereocenters. The van der Waals surface area contributed by atoms with Crippen LogP contribution in [0.5, 0.6) is 11.5 Å². The van der Waals surface area contributed by atoms with E-state index in [9.17, 15) is 17.6 Å². The molecule has 1 aromatic carbocycles. The third-order valence-corrected chi connectivity index (χ3v) is 2.24. The summed E-state index contributed by atoms with van der Waals surface area (Å²) in [5, 5.41) is 0. The van der Waals surface area contributed by atoms with E-state index < -0.39 is 23.7 Å². The molecule has 4 nitrogen and oxygen atoms in total. The van der Waals surface area contributed by atoms with Gasteiger partial charge in [0.1, 0.15) is 0 Å². The zero-order chi connectivity index (χ0) is 13.4. The molecule has 0 radical (unpaired) electrons. The molecule has 0 aromatic heterocycles. The van der Waals surface area contributed by atoms with Gasteiger partial charge in [-0.2, -0.15) is 23.0 Å². The lowest BCUT2D eigenvalue weighted by molar-refractivity contribution is -0.391. The molecule has 1 aliphatic rings. The van der Waals surface area contributed by atoms with Gasteiger partial charge in [0.25, 0.3) is 0 Å². The summed E-state index contributed by atoms with van der Waals surface area (Å²) in [5.74, 6) is -0.881. The molecular formula is C10H9F4NO3. The minimum atomic E-state index is -4.70. The average molecular weight is 267 g/mol. The van der Waals surface area contributed by atoms with Gasteiger partial charge in [-0.05, 0) is 17.7 Å². The molecular weight excluding hydrogens is 258 g/mol.